The van der Waals surface area contributed by atoms with Crippen molar-refractivity contribution >= 4 is 28.3 Å². The van der Waals surface area contributed by atoms with Crippen molar-refractivity contribution in [3.8, 4) is 11.5 Å². The van der Waals surface area contributed by atoms with Crippen molar-refractivity contribution in [3.05, 3.63) is 41.6 Å². The number of nitrogens with one attached hydrogen (secondary N) is 1. The lowest BCUT2D eigenvalue weighted by atomic mass is 10.2. The minimum Gasteiger partial charge on any atom is -0.493 e. The molecule has 8 nitrogen and oxygen atoms in total. The standard InChI is InChI=1S/C19H20ClN3O5/c1-24-16-8-15-14(7-17(16)28-11-13-10-25-5-6-27-13)18(23-19(20)22-15)21-9-12-3-2-4-26-12/h2-4,7-8,13H,5-6,9-11H2,1H3,(H,21,22,23). The van der Waals surface area contributed by atoms with Crippen LogP contribution in [0, 0.1) is 0 Å². The average molecular weight is 406 g/mol. The molecule has 2 aromatic heterocycles. The summed E-state index contributed by atoms with van der Waals surface area (Å²) in [6.45, 7) is 2.50. The molecule has 148 valence electrons. The van der Waals surface area contributed by atoms with Crippen molar-refractivity contribution in [2.45, 2.75) is 12.6 Å². The lowest BCUT2D eigenvalue weighted by molar-refractivity contribution is -0.101. The minimum absolute atomic E-state index is 0.118. The number of ether oxygens (including phenoxy) is 4. The molecule has 28 heavy (non-hydrogen) atoms. The van der Waals surface area contributed by atoms with E-state index in [0.29, 0.717) is 55.8 Å². The van der Waals surface area contributed by atoms with Gasteiger partial charge >= 0.3 is 0 Å². The molecule has 0 saturated carbocycles. The fraction of sp³-hybridized carbons (Fsp3) is 0.368. The average Bonchev–Trinajstić information content (AvgIpc) is 3.24. The fourth-order valence-corrected chi connectivity index (χ4v) is 3.09. The van der Waals surface area contributed by atoms with Gasteiger partial charge in [-0.2, -0.15) is 0 Å². The number of benzene rings is 1. The van der Waals surface area contributed by atoms with Gasteiger partial charge in [-0.1, -0.05) is 0 Å². The number of halogens is 1. The van der Waals surface area contributed by atoms with Crippen LogP contribution in [0.1, 0.15) is 5.76 Å². The molecule has 0 aliphatic carbocycles. The van der Waals surface area contributed by atoms with Crippen LogP contribution in [0.2, 0.25) is 5.28 Å². The van der Waals surface area contributed by atoms with E-state index in [1.807, 2.05) is 18.2 Å². The normalized spacial score (nSPS) is 16.9. The van der Waals surface area contributed by atoms with Crippen molar-refractivity contribution in [2.24, 2.45) is 0 Å². The van der Waals surface area contributed by atoms with E-state index >= 15 is 0 Å². The molecule has 1 N–H and O–H groups in total. The van der Waals surface area contributed by atoms with E-state index in [2.05, 4.69) is 15.3 Å². The van der Waals surface area contributed by atoms with Crippen LogP contribution in [0.4, 0.5) is 5.82 Å². The number of methoxy groups -OCH3 is 1. The van der Waals surface area contributed by atoms with E-state index in [4.69, 9.17) is 35.0 Å². The molecular formula is C19H20ClN3O5. The number of aromatic nitrogens is 2. The Morgan fingerprint density at radius 2 is 2.18 bits per heavy atom. The third-order valence-corrected chi connectivity index (χ3v) is 4.44. The SMILES string of the molecule is COc1cc2nc(Cl)nc(NCc3ccco3)c2cc1OCC1COCCO1. The van der Waals surface area contributed by atoms with Crippen LogP contribution in [0.25, 0.3) is 10.9 Å². The molecule has 1 aliphatic heterocycles. The smallest absolute Gasteiger partial charge is 0.224 e. The van der Waals surface area contributed by atoms with E-state index < -0.39 is 0 Å². The number of furan rings is 1. The minimum atomic E-state index is -0.118. The summed E-state index contributed by atoms with van der Waals surface area (Å²) in [5.41, 5.74) is 0.642. The number of hydrogen-bond acceptors (Lipinski definition) is 8. The maximum Gasteiger partial charge on any atom is 0.224 e. The van der Waals surface area contributed by atoms with Gasteiger partial charge in [0, 0.05) is 11.5 Å². The van der Waals surface area contributed by atoms with Crippen molar-refractivity contribution in [3.63, 3.8) is 0 Å². The molecule has 9 heteroatoms. The van der Waals surface area contributed by atoms with Gasteiger partial charge in [0.25, 0.3) is 0 Å². The maximum atomic E-state index is 6.09. The number of rotatable bonds is 7. The second kappa shape index (κ2) is 8.64. The van der Waals surface area contributed by atoms with E-state index in [0.717, 1.165) is 11.1 Å². The zero-order valence-corrected chi connectivity index (χ0v) is 16.1. The first kappa shape index (κ1) is 18.8. The molecule has 0 bridgehead atoms. The highest BCUT2D eigenvalue weighted by molar-refractivity contribution is 6.28. The topological polar surface area (TPSA) is 87.9 Å². The second-order valence-electron chi connectivity index (χ2n) is 6.17. The Kier molecular flexibility index (Phi) is 5.80. The molecular weight excluding hydrogens is 386 g/mol. The molecule has 1 saturated heterocycles. The third-order valence-electron chi connectivity index (χ3n) is 4.27. The van der Waals surface area contributed by atoms with E-state index in [9.17, 15) is 0 Å². The second-order valence-corrected chi connectivity index (χ2v) is 6.51. The van der Waals surface area contributed by atoms with Gasteiger partial charge in [-0.3, -0.25) is 0 Å². The Balaban J connectivity index is 1.61. The Hall–Kier alpha value is -2.55. The molecule has 0 spiro atoms. The van der Waals surface area contributed by atoms with Crippen LogP contribution in [0.3, 0.4) is 0 Å². The van der Waals surface area contributed by atoms with Crippen LogP contribution < -0.4 is 14.8 Å². The van der Waals surface area contributed by atoms with Gasteiger partial charge in [-0.05, 0) is 29.8 Å². The molecule has 3 aromatic rings. The van der Waals surface area contributed by atoms with Crippen molar-refractivity contribution in [1.82, 2.24) is 9.97 Å². The highest BCUT2D eigenvalue weighted by Crippen LogP contribution is 2.35. The van der Waals surface area contributed by atoms with Gasteiger partial charge in [-0.25, -0.2) is 9.97 Å². The summed E-state index contributed by atoms with van der Waals surface area (Å²) >= 11 is 6.09. The zero-order chi connectivity index (χ0) is 19.3. The molecule has 4 rings (SSSR count). The first-order chi connectivity index (χ1) is 13.7. The molecule has 3 heterocycles. The van der Waals surface area contributed by atoms with Gasteiger partial charge < -0.3 is 28.7 Å². The fourth-order valence-electron chi connectivity index (χ4n) is 2.91. The highest BCUT2D eigenvalue weighted by Gasteiger charge is 2.18. The molecule has 1 aliphatic rings. The summed E-state index contributed by atoms with van der Waals surface area (Å²) < 4.78 is 27.8. The molecule has 1 aromatic carbocycles. The number of fused-ring (bicyclic) bond motifs is 1. The first-order valence-electron chi connectivity index (χ1n) is 8.86. The largest absolute Gasteiger partial charge is 0.493 e. The Labute approximate surface area is 166 Å². The van der Waals surface area contributed by atoms with Gasteiger partial charge in [0.1, 0.15) is 24.3 Å². The van der Waals surface area contributed by atoms with Gasteiger partial charge in [0.15, 0.2) is 11.5 Å². The molecule has 0 amide bonds. The van der Waals surface area contributed by atoms with Gasteiger partial charge in [0.2, 0.25) is 5.28 Å². The van der Waals surface area contributed by atoms with Crippen LogP contribution in [0.15, 0.2) is 34.9 Å². The summed E-state index contributed by atoms with van der Waals surface area (Å²) in [6.07, 6.45) is 1.50. The maximum absolute atomic E-state index is 6.09. The van der Waals surface area contributed by atoms with Crippen molar-refractivity contribution in [1.29, 1.82) is 0 Å². The van der Waals surface area contributed by atoms with E-state index in [1.54, 1.807) is 19.4 Å². The summed E-state index contributed by atoms with van der Waals surface area (Å²) in [7, 11) is 1.58. The lowest BCUT2D eigenvalue weighted by Gasteiger charge is -2.23. The lowest BCUT2D eigenvalue weighted by Crippen LogP contribution is -2.33. The zero-order valence-electron chi connectivity index (χ0n) is 15.3. The Bertz CT molecular complexity index is 929. The van der Waals surface area contributed by atoms with E-state index in [1.165, 1.54) is 0 Å². The van der Waals surface area contributed by atoms with Crippen LogP contribution in [-0.2, 0) is 16.0 Å². The molecule has 1 fully saturated rings. The molecule has 1 unspecified atom stereocenters. The van der Waals surface area contributed by atoms with Gasteiger partial charge in [0.05, 0.1) is 45.3 Å². The van der Waals surface area contributed by atoms with E-state index in [-0.39, 0.29) is 11.4 Å². The van der Waals surface area contributed by atoms with Gasteiger partial charge in [-0.15, -0.1) is 0 Å². The van der Waals surface area contributed by atoms with Crippen LogP contribution in [0.5, 0.6) is 11.5 Å². The summed E-state index contributed by atoms with van der Waals surface area (Å²) in [6, 6.07) is 7.31. The predicted octanol–water partition coefficient (Wildman–Crippen LogP) is 3.29. The third kappa shape index (κ3) is 4.30. The summed E-state index contributed by atoms with van der Waals surface area (Å²) in [4.78, 5) is 8.60. The number of hydrogen-bond donors (Lipinski definition) is 1. The monoisotopic (exact) mass is 405 g/mol. The quantitative estimate of drug-likeness (QED) is 0.599. The predicted molar refractivity (Wildman–Crippen MR) is 103 cm³/mol. The molecule has 1 atom stereocenters. The number of anilines is 1. The Morgan fingerprint density at radius 1 is 1.25 bits per heavy atom. The summed E-state index contributed by atoms with van der Waals surface area (Å²) in [5.74, 6) is 2.48. The first-order valence-corrected chi connectivity index (χ1v) is 9.24. The molecule has 0 radical (unpaired) electrons. The highest BCUT2D eigenvalue weighted by atomic mass is 35.5. The summed E-state index contributed by atoms with van der Waals surface area (Å²) in [5, 5.41) is 4.12. The van der Waals surface area contributed by atoms with Crippen molar-refractivity contribution < 1.29 is 23.4 Å². The number of nitrogens with zero attached hydrogens (tertiary/aromatic N) is 2. The van der Waals surface area contributed by atoms with Crippen LogP contribution in [-0.4, -0.2) is 49.6 Å². The Morgan fingerprint density at radius 3 is 2.93 bits per heavy atom. The van der Waals surface area contributed by atoms with Crippen LogP contribution >= 0.6 is 11.6 Å². The van der Waals surface area contributed by atoms with Crippen molar-refractivity contribution in [2.75, 3.05) is 38.9 Å².